The van der Waals surface area contributed by atoms with E-state index < -0.39 is 0 Å². The van der Waals surface area contributed by atoms with Crippen LogP contribution in [0.4, 0.5) is 17.1 Å². The van der Waals surface area contributed by atoms with Gasteiger partial charge in [-0.3, -0.25) is 0 Å². The lowest BCUT2D eigenvalue weighted by molar-refractivity contribution is 0.477. The van der Waals surface area contributed by atoms with Gasteiger partial charge in [0.05, 0.1) is 11.4 Å². The molecule has 3 heterocycles. The van der Waals surface area contributed by atoms with E-state index in [0.717, 1.165) is 67.2 Å². The predicted molar refractivity (Wildman–Crippen MR) is 178 cm³/mol. The minimum atomic E-state index is 0.602. The zero-order chi connectivity index (χ0) is 29.7. The van der Waals surface area contributed by atoms with Gasteiger partial charge in [0, 0.05) is 33.2 Å². The molecule has 0 aliphatic carbocycles. The van der Waals surface area contributed by atoms with Crippen molar-refractivity contribution in [1.82, 2.24) is 15.0 Å². The Morgan fingerprint density at radius 3 is 1.67 bits per heavy atom. The molecule has 0 radical (unpaired) electrons. The van der Waals surface area contributed by atoms with Gasteiger partial charge in [-0.25, -0.2) is 15.0 Å². The van der Waals surface area contributed by atoms with Crippen LogP contribution in [-0.4, -0.2) is 15.0 Å². The number of anilines is 3. The number of furan rings is 1. The minimum absolute atomic E-state index is 0.602. The molecule has 0 saturated carbocycles. The summed E-state index contributed by atoms with van der Waals surface area (Å²) in [4.78, 5) is 17.1. The predicted octanol–water partition coefficient (Wildman–Crippen LogP) is 10.3. The summed E-state index contributed by atoms with van der Waals surface area (Å²) in [6, 6.07) is 48.7. The topological polar surface area (TPSA) is 64.3 Å². The lowest BCUT2D eigenvalue weighted by atomic mass is 10.1. The van der Waals surface area contributed by atoms with Crippen LogP contribution >= 0.6 is 0 Å². The Morgan fingerprint density at radius 1 is 0.422 bits per heavy atom. The number of aromatic nitrogens is 3. The summed E-state index contributed by atoms with van der Waals surface area (Å²) in [5.74, 6) is 3.46. The molecule has 8 aromatic rings. The fourth-order valence-corrected chi connectivity index (χ4v) is 5.96. The molecule has 0 N–H and O–H groups in total. The van der Waals surface area contributed by atoms with Crippen molar-refractivity contribution in [2.24, 2.45) is 0 Å². The molecule has 0 saturated heterocycles. The SMILES string of the molecule is c1ccc(-c2nc(-c3ccc(N4c5ccccc5Oc5ccccc54)cc3)nc(-c3ccc4oc5ccccc5c4c3)n2)cc1. The molecule has 6 heteroatoms. The first kappa shape index (κ1) is 25.2. The van der Waals surface area contributed by atoms with Crippen molar-refractivity contribution in [2.75, 3.05) is 4.90 Å². The van der Waals surface area contributed by atoms with E-state index in [0.29, 0.717) is 17.5 Å². The fourth-order valence-electron chi connectivity index (χ4n) is 5.96. The molecule has 0 bridgehead atoms. The Kier molecular flexibility index (Phi) is 5.71. The number of ether oxygens (including phenoxy) is 1. The standard InChI is InChI=1S/C39H24N4O2/c1-2-10-25(11-3-1)37-40-38(42-39(41-37)27-20-23-34-30(24-27)29-12-4-7-15-33(29)44-34)26-18-21-28(22-19-26)43-31-13-5-8-16-35(31)45-36-17-9-6-14-32(36)43/h1-24H. The molecule has 0 atom stereocenters. The summed E-state index contributed by atoms with van der Waals surface area (Å²) >= 11 is 0. The van der Waals surface area contributed by atoms with Gasteiger partial charge < -0.3 is 14.1 Å². The van der Waals surface area contributed by atoms with E-state index in [1.165, 1.54) is 0 Å². The van der Waals surface area contributed by atoms with Crippen LogP contribution in [0.3, 0.4) is 0 Å². The normalized spacial score (nSPS) is 12.1. The second-order valence-corrected chi connectivity index (χ2v) is 10.9. The van der Waals surface area contributed by atoms with Crippen LogP contribution in [0.15, 0.2) is 150 Å². The highest BCUT2D eigenvalue weighted by molar-refractivity contribution is 6.06. The number of nitrogens with zero attached hydrogens (tertiary/aromatic N) is 4. The second-order valence-electron chi connectivity index (χ2n) is 10.9. The largest absolute Gasteiger partial charge is 0.456 e. The van der Waals surface area contributed by atoms with Crippen molar-refractivity contribution in [2.45, 2.75) is 0 Å². The molecule has 0 unspecified atom stereocenters. The van der Waals surface area contributed by atoms with E-state index in [1.807, 2.05) is 97.1 Å². The smallest absolute Gasteiger partial charge is 0.164 e. The van der Waals surface area contributed by atoms with Gasteiger partial charge in [-0.2, -0.15) is 0 Å². The monoisotopic (exact) mass is 580 g/mol. The molecule has 6 nitrogen and oxygen atoms in total. The zero-order valence-electron chi connectivity index (χ0n) is 24.0. The van der Waals surface area contributed by atoms with Crippen LogP contribution in [0.5, 0.6) is 11.5 Å². The molecule has 0 fully saturated rings. The highest BCUT2D eigenvalue weighted by Gasteiger charge is 2.25. The minimum Gasteiger partial charge on any atom is -0.456 e. The molecular weight excluding hydrogens is 556 g/mol. The lowest BCUT2D eigenvalue weighted by Crippen LogP contribution is -2.15. The van der Waals surface area contributed by atoms with Crippen molar-refractivity contribution < 1.29 is 9.15 Å². The molecule has 9 rings (SSSR count). The third kappa shape index (κ3) is 4.31. The van der Waals surface area contributed by atoms with Crippen LogP contribution in [-0.2, 0) is 0 Å². The first-order valence-corrected chi connectivity index (χ1v) is 14.8. The van der Waals surface area contributed by atoms with Crippen LogP contribution in [0.1, 0.15) is 0 Å². The number of para-hydroxylation sites is 5. The Balaban J connectivity index is 1.16. The maximum Gasteiger partial charge on any atom is 0.164 e. The van der Waals surface area contributed by atoms with Gasteiger partial charge in [-0.15, -0.1) is 0 Å². The summed E-state index contributed by atoms with van der Waals surface area (Å²) in [7, 11) is 0. The lowest BCUT2D eigenvalue weighted by Gasteiger charge is -2.32. The first-order valence-electron chi connectivity index (χ1n) is 14.8. The van der Waals surface area contributed by atoms with Crippen LogP contribution < -0.4 is 9.64 Å². The average Bonchev–Trinajstić information content (AvgIpc) is 3.49. The Hall–Kier alpha value is -6.27. The summed E-state index contributed by atoms with van der Waals surface area (Å²) in [6.45, 7) is 0. The quantitative estimate of drug-likeness (QED) is 0.206. The molecule has 45 heavy (non-hydrogen) atoms. The van der Waals surface area contributed by atoms with E-state index in [9.17, 15) is 0 Å². The van der Waals surface area contributed by atoms with Crippen molar-refractivity contribution >= 4 is 39.0 Å². The molecule has 6 aromatic carbocycles. The molecule has 0 amide bonds. The van der Waals surface area contributed by atoms with Crippen LogP contribution in [0.2, 0.25) is 0 Å². The number of rotatable bonds is 4. The van der Waals surface area contributed by atoms with Crippen molar-refractivity contribution in [3.8, 4) is 45.7 Å². The molecule has 2 aromatic heterocycles. The van der Waals surface area contributed by atoms with E-state index in [1.54, 1.807) is 0 Å². The number of hydrogen-bond donors (Lipinski definition) is 0. The van der Waals surface area contributed by atoms with E-state index in [4.69, 9.17) is 24.1 Å². The molecule has 212 valence electrons. The van der Waals surface area contributed by atoms with Crippen molar-refractivity contribution in [3.63, 3.8) is 0 Å². The van der Waals surface area contributed by atoms with Crippen LogP contribution in [0, 0.1) is 0 Å². The van der Waals surface area contributed by atoms with Gasteiger partial charge in [0.15, 0.2) is 29.0 Å². The fraction of sp³-hybridized carbons (Fsp3) is 0. The highest BCUT2D eigenvalue weighted by atomic mass is 16.5. The summed E-state index contributed by atoms with van der Waals surface area (Å²) in [5, 5.41) is 2.09. The molecule has 1 aliphatic rings. The van der Waals surface area contributed by atoms with E-state index in [-0.39, 0.29) is 0 Å². The second kappa shape index (κ2) is 10.2. The van der Waals surface area contributed by atoms with Gasteiger partial charge in [0.2, 0.25) is 0 Å². The summed E-state index contributed by atoms with van der Waals surface area (Å²) in [6.07, 6.45) is 0. The van der Waals surface area contributed by atoms with Gasteiger partial charge >= 0.3 is 0 Å². The average molecular weight is 581 g/mol. The van der Waals surface area contributed by atoms with Gasteiger partial charge in [0.25, 0.3) is 0 Å². The van der Waals surface area contributed by atoms with Gasteiger partial charge in [-0.05, 0) is 72.8 Å². The molecular formula is C39H24N4O2. The molecule has 0 spiro atoms. The van der Waals surface area contributed by atoms with E-state index >= 15 is 0 Å². The Bertz CT molecular complexity index is 2320. The Morgan fingerprint density at radius 2 is 0.956 bits per heavy atom. The Labute approximate surface area is 258 Å². The first-order chi connectivity index (χ1) is 22.3. The maximum absolute atomic E-state index is 6.20. The number of fused-ring (bicyclic) bond motifs is 5. The van der Waals surface area contributed by atoms with Gasteiger partial charge in [-0.1, -0.05) is 72.8 Å². The number of hydrogen-bond acceptors (Lipinski definition) is 6. The number of benzene rings is 6. The van der Waals surface area contributed by atoms with Gasteiger partial charge in [0.1, 0.15) is 11.2 Å². The maximum atomic E-state index is 6.20. The van der Waals surface area contributed by atoms with Crippen LogP contribution in [0.25, 0.3) is 56.1 Å². The van der Waals surface area contributed by atoms with Crippen molar-refractivity contribution in [1.29, 1.82) is 0 Å². The third-order valence-electron chi connectivity index (χ3n) is 8.12. The summed E-state index contributed by atoms with van der Waals surface area (Å²) < 4.78 is 12.3. The molecule has 1 aliphatic heterocycles. The zero-order valence-corrected chi connectivity index (χ0v) is 24.0. The van der Waals surface area contributed by atoms with E-state index in [2.05, 4.69) is 53.4 Å². The third-order valence-corrected chi connectivity index (χ3v) is 8.12. The highest BCUT2D eigenvalue weighted by Crippen LogP contribution is 2.50. The van der Waals surface area contributed by atoms with Crippen molar-refractivity contribution in [3.05, 3.63) is 146 Å². The summed E-state index contributed by atoms with van der Waals surface area (Å²) in [5.41, 5.74) is 7.39.